The fourth-order valence-corrected chi connectivity index (χ4v) is 3.93. The number of aryl methyl sites for hydroxylation is 2. The summed E-state index contributed by atoms with van der Waals surface area (Å²) >= 11 is 0. The number of aromatic nitrogens is 1. The second-order valence-electron chi connectivity index (χ2n) is 7.56. The van der Waals surface area contributed by atoms with Gasteiger partial charge in [0.2, 0.25) is 0 Å². The molecule has 1 aliphatic heterocycles. The maximum Gasteiger partial charge on any atom is 0.289 e. The summed E-state index contributed by atoms with van der Waals surface area (Å²) in [7, 11) is 0. The van der Waals surface area contributed by atoms with E-state index < -0.39 is 0 Å². The number of furan rings is 1. The number of benzene rings is 1. The van der Waals surface area contributed by atoms with E-state index in [1.165, 1.54) is 0 Å². The molecule has 3 aromatic rings. The van der Waals surface area contributed by atoms with Gasteiger partial charge in [0, 0.05) is 55.4 Å². The number of Topliss-reactive ketones (excluding diaryl/α,β-unsaturated/α-hetero) is 1. The molecule has 1 amide bonds. The lowest BCUT2D eigenvalue weighted by Crippen LogP contribution is -2.49. The number of amides is 1. The summed E-state index contributed by atoms with van der Waals surface area (Å²) in [5.74, 6) is 1.04. The largest absolute Gasteiger partial charge is 0.456 e. The third-order valence-corrected chi connectivity index (χ3v) is 5.53. The first-order chi connectivity index (χ1) is 14.6. The first kappa shape index (κ1) is 19.9. The van der Waals surface area contributed by atoms with Crippen LogP contribution in [0.4, 0.5) is 0 Å². The van der Waals surface area contributed by atoms with E-state index in [4.69, 9.17) is 9.68 Å². The van der Waals surface area contributed by atoms with Gasteiger partial charge in [-0.1, -0.05) is 18.2 Å². The van der Waals surface area contributed by atoms with E-state index in [1.807, 2.05) is 42.0 Å². The summed E-state index contributed by atoms with van der Waals surface area (Å²) in [6, 6.07) is 13.4. The summed E-state index contributed by atoms with van der Waals surface area (Å²) in [6.45, 7) is 5.11. The molecule has 0 bridgehead atoms. The molecule has 0 spiro atoms. The molecule has 0 N–H and O–H groups in total. The minimum atomic E-state index is -0.102. The van der Waals surface area contributed by atoms with Crippen molar-refractivity contribution in [1.29, 1.82) is 5.26 Å². The van der Waals surface area contributed by atoms with Gasteiger partial charge >= 0.3 is 0 Å². The molecule has 7 heteroatoms. The van der Waals surface area contributed by atoms with Gasteiger partial charge in [-0.15, -0.1) is 0 Å². The molecule has 4 rings (SSSR count). The molecule has 0 saturated carbocycles. The van der Waals surface area contributed by atoms with Gasteiger partial charge < -0.3 is 13.9 Å². The Morgan fingerprint density at radius 3 is 2.57 bits per heavy atom. The van der Waals surface area contributed by atoms with Gasteiger partial charge in [0.15, 0.2) is 11.5 Å². The standard InChI is InChI=1S/C23H24N4O3/c1-17-7-8-22(30-17)23(29)26-13-11-25(12-14-26)16-21(28)19-15-27(10-4-9-24)20-6-3-2-5-18(19)20/h2-3,5-8,15H,4,10-14,16H2,1H3. The molecule has 0 atom stereocenters. The fourth-order valence-electron chi connectivity index (χ4n) is 3.93. The number of carbonyl (C=O) groups excluding carboxylic acids is 2. The minimum Gasteiger partial charge on any atom is -0.456 e. The topological polar surface area (TPSA) is 82.5 Å². The van der Waals surface area contributed by atoms with Gasteiger partial charge in [0.05, 0.1) is 19.0 Å². The van der Waals surface area contributed by atoms with Crippen LogP contribution in [0.2, 0.25) is 0 Å². The van der Waals surface area contributed by atoms with E-state index in [0.717, 1.165) is 16.7 Å². The van der Waals surface area contributed by atoms with E-state index in [1.54, 1.807) is 17.0 Å². The second kappa shape index (κ2) is 8.56. The highest BCUT2D eigenvalue weighted by Gasteiger charge is 2.26. The number of hydrogen-bond acceptors (Lipinski definition) is 5. The third-order valence-electron chi connectivity index (χ3n) is 5.53. The summed E-state index contributed by atoms with van der Waals surface area (Å²) in [6.07, 6.45) is 2.26. The average Bonchev–Trinajstić information content (AvgIpc) is 3.36. The predicted octanol–water partition coefficient (Wildman–Crippen LogP) is 3.10. The lowest BCUT2D eigenvalue weighted by atomic mass is 10.1. The Hall–Kier alpha value is -3.37. The SMILES string of the molecule is Cc1ccc(C(=O)N2CCN(CC(=O)c3cn(CCC#N)c4ccccc34)CC2)o1. The van der Waals surface area contributed by atoms with Gasteiger partial charge in [0.25, 0.3) is 5.91 Å². The Morgan fingerprint density at radius 1 is 1.10 bits per heavy atom. The number of rotatable bonds is 6. The fraction of sp³-hybridized carbons (Fsp3) is 0.348. The van der Waals surface area contributed by atoms with Crippen LogP contribution in [0.3, 0.4) is 0 Å². The number of ketones is 1. The number of carbonyl (C=O) groups is 2. The molecule has 0 aliphatic carbocycles. The van der Waals surface area contributed by atoms with E-state index in [-0.39, 0.29) is 11.7 Å². The second-order valence-corrected chi connectivity index (χ2v) is 7.56. The van der Waals surface area contributed by atoms with E-state index >= 15 is 0 Å². The Bertz CT molecular complexity index is 1110. The Morgan fingerprint density at radius 2 is 1.87 bits per heavy atom. The Balaban J connectivity index is 1.41. The highest BCUT2D eigenvalue weighted by molar-refractivity contribution is 6.09. The molecule has 154 valence electrons. The zero-order valence-electron chi connectivity index (χ0n) is 17.0. The maximum absolute atomic E-state index is 13.0. The third kappa shape index (κ3) is 4.00. The van der Waals surface area contributed by atoms with Crippen molar-refractivity contribution in [2.24, 2.45) is 0 Å². The van der Waals surface area contributed by atoms with Crippen molar-refractivity contribution in [3.8, 4) is 6.07 Å². The molecule has 1 saturated heterocycles. The molecule has 30 heavy (non-hydrogen) atoms. The van der Waals surface area contributed by atoms with Crippen LogP contribution in [-0.2, 0) is 6.54 Å². The molecule has 1 fully saturated rings. The van der Waals surface area contributed by atoms with Crippen molar-refractivity contribution in [3.05, 3.63) is 59.7 Å². The minimum absolute atomic E-state index is 0.0587. The van der Waals surface area contributed by atoms with Crippen LogP contribution >= 0.6 is 0 Å². The summed E-state index contributed by atoms with van der Waals surface area (Å²) < 4.78 is 7.42. The Labute approximate surface area is 175 Å². The van der Waals surface area contributed by atoms with Crippen molar-refractivity contribution in [3.63, 3.8) is 0 Å². The van der Waals surface area contributed by atoms with Crippen molar-refractivity contribution in [1.82, 2.24) is 14.4 Å². The van der Waals surface area contributed by atoms with Crippen LogP contribution in [0.1, 0.15) is 33.1 Å². The number of nitrogens with zero attached hydrogens (tertiary/aromatic N) is 4. The predicted molar refractivity (Wildman–Crippen MR) is 112 cm³/mol. The quantitative estimate of drug-likeness (QED) is 0.590. The molecule has 0 radical (unpaired) electrons. The normalized spacial score (nSPS) is 14.7. The van der Waals surface area contributed by atoms with E-state index in [2.05, 4.69) is 11.0 Å². The molecule has 2 aromatic heterocycles. The van der Waals surface area contributed by atoms with Crippen molar-refractivity contribution in [2.45, 2.75) is 19.9 Å². The van der Waals surface area contributed by atoms with E-state index in [9.17, 15) is 9.59 Å². The van der Waals surface area contributed by atoms with Crippen LogP contribution in [-0.4, -0.2) is 58.8 Å². The molecule has 3 heterocycles. The lowest BCUT2D eigenvalue weighted by molar-refractivity contribution is 0.0595. The maximum atomic E-state index is 13.0. The van der Waals surface area contributed by atoms with Crippen LogP contribution < -0.4 is 0 Å². The zero-order chi connectivity index (χ0) is 21.1. The first-order valence-electron chi connectivity index (χ1n) is 10.1. The van der Waals surface area contributed by atoms with Crippen LogP contribution in [0, 0.1) is 18.3 Å². The number of nitriles is 1. The van der Waals surface area contributed by atoms with Gasteiger partial charge in [-0.25, -0.2) is 0 Å². The molecule has 0 unspecified atom stereocenters. The van der Waals surface area contributed by atoms with E-state index in [0.29, 0.717) is 57.0 Å². The zero-order valence-corrected chi connectivity index (χ0v) is 17.0. The summed E-state index contributed by atoms with van der Waals surface area (Å²) in [5.41, 5.74) is 1.66. The monoisotopic (exact) mass is 404 g/mol. The van der Waals surface area contributed by atoms with Crippen molar-refractivity contribution < 1.29 is 14.0 Å². The van der Waals surface area contributed by atoms with Crippen LogP contribution in [0.25, 0.3) is 10.9 Å². The van der Waals surface area contributed by atoms with Gasteiger partial charge in [-0.2, -0.15) is 5.26 Å². The molecule has 1 aliphatic rings. The number of hydrogen-bond donors (Lipinski definition) is 0. The lowest BCUT2D eigenvalue weighted by Gasteiger charge is -2.33. The van der Waals surface area contributed by atoms with Gasteiger partial charge in [-0.3, -0.25) is 14.5 Å². The summed E-state index contributed by atoms with van der Waals surface area (Å²) in [5, 5.41) is 9.81. The van der Waals surface area contributed by atoms with Gasteiger partial charge in [-0.05, 0) is 25.1 Å². The van der Waals surface area contributed by atoms with Gasteiger partial charge in [0.1, 0.15) is 5.76 Å². The molecular formula is C23H24N4O3. The highest BCUT2D eigenvalue weighted by atomic mass is 16.3. The van der Waals surface area contributed by atoms with Crippen molar-refractivity contribution in [2.75, 3.05) is 32.7 Å². The average molecular weight is 404 g/mol. The number of piperazine rings is 1. The number of fused-ring (bicyclic) bond motifs is 1. The molecule has 1 aromatic carbocycles. The smallest absolute Gasteiger partial charge is 0.289 e. The van der Waals surface area contributed by atoms with Crippen LogP contribution in [0.5, 0.6) is 0 Å². The Kier molecular flexibility index (Phi) is 5.68. The highest BCUT2D eigenvalue weighted by Crippen LogP contribution is 2.23. The number of para-hydroxylation sites is 1. The molecule has 7 nitrogen and oxygen atoms in total. The van der Waals surface area contributed by atoms with Crippen molar-refractivity contribution >= 4 is 22.6 Å². The van der Waals surface area contributed by atoms with Crippen LogP contribution in [0.15, 0.2) is 47.0 Å². The molecular weight excluding hydrogens is 380 g/mol. The summed E-state index contributed by atoms with van der Waals surface area (Å²) in [4.78, 5) is 29.4. The first-order valence-corrected chi connectivity index (χ1v) is 10.1.